The molecule has 0 amide bonds. The van der Waals surface area contributed by atoms with E-state index in [0.717, 1.165) is 6.54 Å². The zero-order valence-electron chi connectivity index (χ0n) is 11.3. The summed E-state index contributed by atoms with van der Waals surface area (Å²) in [5.74, 6) is 0. The Balaban J connectivity index is 1.99. The molecule has 96 valence electrons. The van der Waals surface area contributed by atoms with Crippen molar-refractivity contribution in [3.63, 3.8) is 0 Å². The Kier molecular flexibility index (Phi) is 3.27. The van der Waals surface area contributed by atoms with E-state index in [1.54, 1.807) is 0 Å². The van der Waals surface area contributed by atoms with Gasteiger partial charge in [0.1, 0.15) is 0 Å². The average Bonchev–Trinajstić information content (AvgIpc) is 2.73. The first-order valence-electron chi connectivity index (χ1n) is 6.33. The van der Waals surface area contributed by atoms with Crippen LogP contribution in [0.1, 0.15) is 32.3 Å². The summed E-state index contributed by atoms with van der Waals surface area (Å²) in [6.07, 6.45) is 6.42. The van der Waals surface area contributed by atoms with E-state index >= 15 is 0 Å². The van der Waals surface area contributed by atoms with E-state index in [1.165, 1.54) is 18.4 Å². The van der Waals surface area contributed by atoms with Gasteiger partial charge in [-0.15, -0.1) is 0 Å². The quantitative estimate of drug-likeness (QED) is 0.862. The van der Waals surface area contributed by atoms with E-state index in [0.29, 0.717) is 6.04 Å². The molecule has 0 aromatic carbocycles. The van der Waals surface area contributed by atoms with Crippen LogP contribution in [-0.4, -0.2) is 33.8 Å². The Morgan fingerprint density at radius 1 is 1.59 bits per heavy atom. The molecular formula is C13H24N4. The summed E-state index contributed by atoms with van der Waals surface area (Å²) < 4.78 is 1.85. The Hall–Kier alpha value is -0.870. The number of aryl methyl sites for hydroxylation is 1. The van der Waals surface area contributed by atoms with Gasteiger partial charge in [0.05, 0.1) is 6.20 Å². The van der Waals surface area contributed by atoms with Gasteiger partial charge in [0.2, 0.25) is 0 Å². The minimum absolute atomic E-state index is 0.268. The van der Waals surface area contributed by atoms with E-state index in [1.807, 2.05) is 17.9 Å². The highest BCUT2D eigenvalue weighted by Crippen LogP contribution is 2.38. The predicted octanol–water partition coefficient (Wildman–Crippen LogP) is 1.37. The fourth-order valence-electron chi connectivity index (χ4n) is 2.84. The molecule has 4 heteroatoms. The number of hydrogen-bond acceptors (Lipinski definition) is 3. The fourth-order valence-corrected chi connectivity index (χ4v) is 2.84. The van der Waals surface area contributed by atoms with Crippen LogP contribution in [0.2, 0.25) is 0 Å². The molecule has 0 spiro atoms. The Morgan fingerprint density at radius 2 is 2.29 bits per heavy atom. The summed E-state index contributed by atoms with van der Waals surface area (Å²) >= 11 is 0. The minimum Gasteiger partial charge on any atom is -0.326 e. The Bertz CT molecular complexity index is 383. The SMILES string of the molecule is CN(Cc1cnn(C)c1)C1CCC(C)(C)C1N. The highest BCUT2D eigenvalue weighted by molar-refractivity contribution is 5.05. The predicted molar refractivity (Wildman–Crippen MR) is 69.5 cm³/mol. The lowest BCUT2D eigenvalue weighted by atomic mass is 9.87. The van der Waals surface area contributed by atoms with E-state index in [9.17, 15) is 0 Å². The fraction of sp³-hybridized carbons (Fsp3) is 0.769. The topological polar surface area (TPSA) is 47.1 Å². The second-order valence-electron chi connectivity index (χ2n) is 6.06. The van der Waals surface area contributed by atoms with E-state index < -0.39 is 0 Å². The number of likely N-dealkylation sites (N-methyl/N-ethyl adjacent to an activating group) is 1. The molecule has 0 saturated heterocycles. The first-order valence-corrected chi connectivity index (χ1v) is 6.33. The molecule has 0 radical (unpaired) electrons. The lowest BCUT2D eigenvalue weighted by Crippen LogP contribution is -2.47. The molecule has 2 N–H and O–H groups in total. The number of aromatic nitrogens is 2. The second-order valence-corrected chi connectivity index (χ2v) is 6.06. The molecule has 0 aliphatic heterocycles. The van der Waals surface area contributed by atoms with Crippen molar-refractivity contribution in [2.75, 3.05) is 7.05 Å². The number of nitrogens with zero attached hydrogens (tertiary/aromatic N) is 3. The van der Waals surface area contributed by atoms with E-state index in [4.69, 9.17) is 5.73 Å². The van der Waals surface area contributed by atoms with Gasteiger partial charge in [-0.05, 0) is 25.3 Å². The van der Waals surface area contributed by atoms with Crippen LogP contribution in [0.25, 0.3) is 0 Å². The van der Waals surface area contributed by atoms with Crippen LogP contribution in [0.15, 0.2) is 12.4 Å². The van der Waals surface area contributed by atoms with Crippen LogP contribution in [0, 0.1) is 5.41 Å². The molecule has 4 nitrogen and oxygen atoms in total. The normalized spacial score (nSPS) is 27.9. The molecule has 1 heterocycles. The Morgan fingerprint density at radius 3 is 2.76 bits per heavy atom. The molecular weight excluding hydrogens is 212 g/mol. The van der Waals surface area contributed by atoms with Gasteiger partial charge >= 0.3 is 0 Å². The second kappa shape index (κ2) is 4.42. The summed E-state index contributed by atoms with van der Waals surface area (Å²) in [5.41, 5.74) is 7.88. The summed E-state index contributed by atoms with van der Waals surface area (Å²) in [4.78, 5) is 2.37. The van der Waals surface area contributed by atoms with Gasteiger partial charge in [0.25, 0.3) is 0 Å². The van der Waals surface area contributed by atoms with Gasteiger partial charge in [0.15, 0.2) is 0 Å². The summed E-state index contributed by atoms with van der Waals surface area (Å²) in [5, 5.41) is 4.20. The number of nitrogens with two attached hydrogens (primary N) is 1. The van der Waals surface area contributed by atoms with Crippen molar-refractivity contribution < 1.29 is 0 Å². The van der Waals surface area contributed by atoms with Crippen molar-refractivity contribution in [2.24, 2.45) is 18.2 Å². The first kappa shape index (κ1) is 12.6. The zero-order chi connectivity index (χ0) is 12.6. The van der Waals surface area contributed by atoms with Gasteiger partial charge in [-0.3, -0.25) is 9.58 Å². The highest BCUT2D eigenvalue weighted by atomic mass is 15.2. The number of hydrogen-bond donors (Lipinski definition) is 1. The maximum Gasteiger partial charge on any atom is 0.0534 e. The molecule has 1 aromatic heterocycles. The van der Waals surface area contributed by atoms with Crippen molar-refractivity contribution in [1.82, 2.24) is 14.7 Å². The van der Waals surface area contributed by atoms with Crippen LogP contribution in [-0.2, 0) is 13.6 Å². The van der Waals surface area contributed by atoms with Gasteiger partial charge in [-0.1, -0.05) is 13.8 Å². The van der Waals surface area contributed by atoms with Gasteiger partial charge < -0.3 is 5.73 Å². The molecule has 2 unspecified atom stereocenters. The average molecular weight is 236 g/mol. The lowest BCUT2D eigenvalue weighted by molar-refractivity contribution is 0.191. The first-order chi connectivity index (χ1) is 7.90. The molecule has 2 rings (SSSR count). The van der Waals surface area contributed by atoms with Crippen LogP contribution < -0.4 is 5.73 Å². The van der Waals surface area contributed by atoms with Gasteiger partial charge in [-0.25, -0.2) is 0 Å². The van der Waals surface area contributed by atoms with Crippen molar-refractivity contribution in [1.29, 1.82) is 0 Å². The number of rotatable bonds is 3. The smallest absolute Gasteiger partial charge is 0.0534 e. The minimum atomic E-state index is 0.268. The molecule has 1 aromatic rings. The van der Waals surface area contributed by atoms with E-state index in [-0.39, 0.29) is 11.5 Å². The molecule has 2 atom stereocenters. The Labute approximate surface area is 104 Å². The summed E-state index contributed by atoms with van der Waals surface area (Å²) in [7, 11) is 4.12. The molecule has 1 aliphatic rings. The summed E-state index contributed by atoms with van der Waals surface area (Å²) in [6.45, 7) is 5.48. The van der Waals surface area contributed by atoms with Crippen LogP contribution in [0.3, 0.4) is 0 Å². The van der Waals surface area contributed by atoms with Crippen molar-refractivity contribution >= 4 is 0 Å². The van der Waals surface area contributed by atoms with Crippen molar-refractivity contribution in [3.05, 3.63) is 18.0 Å². The highest BCUT2D eigenvalue weighted by Gasteiger charge is 2.41. The van der Waals surface area contributed by atoms with Crippen molar-refractivity contribution in [3.8, 4) is 0 Å². The molecule has 0 bridgehead atoms. The largest absolute Gasteiger partial charge is 0.326 e. The van der Waals surface area contributed by atoms with Crippen LogP contribution >= 0.6 is 0 Å². The lowest BCUT2D eigenvalue weighted by Gasteiger charge is -2.32. The third-order valence-electron chi connectivity index (χ3n) is 4.16. The third-order valence-corrected chi connectivity index (χ3v) is 4.16. The maximum atomic E-state index is 6.35. The third kappa shape index (κ3) is 2.53. The molecule has 1 aliphatic carbocycles. The van der Waals surface area contributed by atoms with Crippen molar-refractivity contribution in [2.45, 2.75) is 45.3 Å². The maximum absolute atomic E-state index is 6.35. The van der Waals surface area contributed by atoms with Crippen LogP contribution in [0.5, 0.6) is 0 Å². The molecule has 17 heavy (non-hydrogen) atoms. The monoisotopic (exact) mass is 236 g/mol. The van der Waals surface area contributed by atoms with Gasteiger partial charge in [-0.2, -0.15) is 5.10 Å². The summed E-state index contributed by atoms with van der Waals surface area (Å²) in [6, 6.07) is 0.759. The zero-order valence-corrected chi connectivity index (χ0v) is 11.3. The molecule has 1 saturated carbocycles. The van der Waals surface area contributed by atoms with Gasteiger partial charge in [0, 0.05) is 37.4 Å². The van der Waals surface area contributed by atoms with E-state index in [2.05, 4.69) is 37.1 Å². The standard InChI is InChI=1S/C13H24N4/c1-13(2)6-5-11(12(13)14)16(3)8-10-7-15-17(4)9-10/h7,9,11-12H,5-6,8,14H2,1-4H3. The van der Waals surface area contributed by atoms with Crippen LogP contribution in [0.4, 0.5) is 0 Å². The molecule has 1 fully saturated rings.